The predicted molar refractivity (Wildman–Crippen MR) is 116 cm³/mol. The number of nitrogens with one attached hydrogen (secondary N) is 1. The Morgan fingerprint density at radius 3 is 2.41 bits per heavy atom. The molecule has 3 rings (SSSR count). The molecule has 0 aromatic heterocycles. The molecule has 0 amide bonds. The third-order valence-electron chi connectivity index (χ3n) is 5.86. The van der Waals surface area contributed by atoms with Crippen LogP contribution in [0, 0.1) is 0 Å². The highest BCUT2D eigenvalue weighted by atomic mass is 16.5. The molecular weight excluding hydrogens is 368 g/mol. The van der Waals surface area contributed by atoms with Crippen molar-refractivity contribution in [1.82, 2.24) is 15.1 Å². The summed E-state index contributed by atoms with van der Waals surface area (Å²) in [5.41, 5.74) is 2.69. The van der Waals surface area contributed by atoms with Gasteiger partial charge in [-0.05, 0) is 49.4 Å². The molecule has 2 heterocycles. The number of hydrogen-bond acceptors (Lipinski definition) is 5. The first-order valence-corrected chi connectivity index (χ1v) is 10.7. The van der Waals surface area contributed by atoms with E-state index in [0.717, 1.165) is 82.6 Å². The highest BCUT2D eigenvalue weighted by Gasteiger charge is 2.22. The number of guanidine groups is 1. The Hall–Kier alpha value is -1.99. The van der Waals surface area contributed by atoms with E-state index >= 15 is 0 Å². The second-order valence-corrected chi connectivity index (χ2v) is 7.62. The molecule has 7 nitrogen and oxygen atoms in total. The van der Waals surface area contributed by atoms with Crippen LogP contribution in [0.5, 0.6) is 11.5 Å². The molecule has 1 saturated heterocycles. The van der Waals surface area contributed by atoms with Gasteiger partial charge in [0.15, 0.2) is 17.5 Å². The molecular formula is C22H36N4O3. The lowest BCUT2D eigenvalue weighted by Gasteiger charge is -2.34. The summed E-state index contributed by atoms with van der Waals surface area (Å²) in [6.45, 7) is 8.75. The maximum atomic E-state index is 5.75. The van der Waals surface area contributed by atoms with Crippen molar-refractivity contribution in [1.29, 1.82) is 0 Å². The fourth-order valence-electron chi connectivity index (χ4n) is 4.26. The van der Waals surface area contributed by atoms with Crippen molar-refractivity contribution in [2.24, 2.45) is 4.99 Å². The number of aliphatic imine (C=N–C) groups is 1. The normalized spacial score (nSPS) is 18.5. The fourth-order valence-corrected chi connectivity index (χ4v) is 4.26. The van der Waals surface area contributed by atoms with Crippen LogP contribution in [0.1, 0.15) is 30.9 Å². The molecule has 0 aliphatic carbocycles. The summed E-state index contributed by atoms with van der Waals surface area (Å²) in [6.07, 6.45) is 3.58. The molecule has 0 bridgehead atoms. The second-order valence-electron chi connectivity index (χ2n) is 7.62. The molecule has 29 heavy (non-hydrogen) atoms. The molecule has 1 fully saturated rings. The van der Waals surface area contributed by atoms with E-state index in [2.05, 4.69) is 39.2 Å². The van der Waals surface area contributed by atoms with Crippen molar-refractivity contribution in [3.05, 3.63) is 23.3 Å². The molecule has 0 unspecified atom stereocenters. The molecule has 1 aromatic carbocycles. The molecule has 0 saturated carbocycles. The number of piperidine rings is 1. The SMILES string of the molecule is CCOC1CCN(C(=NC)NCCN2CCc3cc(OC)c(OC)cc3C2)CC1. The van der Waals surface area contributed by atoms with Gasteiger partial charge < -0.3 is 24.4 Å². The summed E-state index contributed by atoms with van der Waals surface area (Å²) in [7, 11) is 5.25. The van der Waals surface area contributed by atoms with Gasteiger partial charge in [0, 0.05) is 52.9 Å². The number of nitrogens with zero attached hydrogens (tertiary/aromatic N) is 3. The highest BCUT2D eigenvalue weighted by molar-refractivity contribution is 5.79. The van der Waals surface area contributed by atoms with Gasteiger partial charge in [-0.15, -0.1) is 0 Å². The Labute approximate surface area is 175 Å². The number of likely N-dealkylation sites (tertiary alicyclic amines) is 1. The van der Waals surface area contributed by atoms with E-state index in [1.54, 1.807) is 14.2 Å². The first-order valence-electron chi connectivity index (χ1n) is 10.7. The van der Waals surface area contributed by atoms with E-state index in [0.29, 0.717) is 6.10 Å². The van der Waals surface area contributed by atoms with Crippen molar-refractivity contribution >= 4 is 5.96 Å². The summed E-state index contributed by atoms with van der Waals surface area (Å²) >= 11 is 0. The first kappa shape index (κ1) is 21.7. The van der Waals surface area contributed by atoms with Crippen LogP contribution >= 0.6 is 0 Å². The van der Waals surface area contributed by atoms with Crippen LogP contribution in [0.25, 0.3) is 0 Å². The van der Waals surface area contributed by atoms with Gasteiger partial charge in [-0.25, -0.2) is 0 Å². The van der Waals surface area contributed by atoms with Crippen molar-refractivity contribution in [3.8, 4) is 11.5 Å². The summed E-state index contributed by atoms with van der Waals surface area (Å²) in [4.78, 5) is 9.31. The minimum absolute atomic E-state index is 0.401. The summed E-state index contributed by atoms with van der Waals surface area (Å²) in [5.74, 6) is 2.63. The fraction of sp³-hybridized carbons (Fsp3) is 0.682. The number of benzene rings is 1. The Morgan fingerprint density at radius 2 is 1.79 bits per heavy atom. The monoisotopic (exact) mass is 404 g/mol. The third-order valence-corrected chi connectivity index (χ3v) is 5.86. The summed E-state index contributed by atoms with van der Waals surface area (Å²) < 4.78 is 16.7. The first-order chi connectivity index (χ1) is 14.2. The van der Waals surface area contributed by atoms with E-state index in [4.69, 9.17) is 14.2 Å². The van der Waals surface area contributed by atoms with Crippen molar-refractivity contribution in [3.63, 3.8) is 0 Å². The molecule has 0 radical (unpaired) electrons. The highest BCUT2D eigenvalue weighted by Crippen LogP contribution is 2.33. The molecule has 0 atom stereocenters. The molecule has 1 N–H and O–H groups in total. The Morgan fingerprint density at radius 1 is 1.10 bits per heavy atom. The van der Waals surface area contributed by atoms with E-state index < -0.39 is 0 Å². The average Bonchev–Trinajstić information content (AvgIpc) is 2.76. The van der Waals surface area contributed by atoms with Crippen LogP contribution in [0.4, 0.5) is 0 Å². The van der Waals surface area contributed by atoms with Gasteiger partial charge in [0.2, 0.25) is 0 Å². The topological polar surface area (TPSA) is 58.6 Å². The van der Waals surface area contributed by atoms with Crippen LogP contribution in [-0.2, 0) is 17.7 Å². The second kappa shape index (κ2) is 10.7. The third kappa shape index (κ3) is 5.54. The Bertz CT molecular complexity index is 687. The van der Waals surface area contributed by atoms with Gasteiger partial charge in [-0.2, -0.15) is 0 Å². The van der Waals surface area contributed by atoms with Gasteiger partial charge in [0.1, 0.15) is 0 Å². The van der Waals surface area contributed by atoms with E-state index in [-0.39, 0.29) is 0 Å². The maximum absolute atomic E-state index is 5.75. The number of fused-ring (bicyclic) bond motifs is 1. The lowest BCUT2D eigenvalue weighted by Crippen LogP contribution is -2.48. The number of methoxy groups -OCH3 is 2. The summed E-state index contributed by atoms with van der Waals surface area (Å²) in [5, 5.41) is 3.55. The molecule has 2 aliphatic heterocycles. The van der Waals surface area contributed by atoms with Crippen molar-refractivity contribution < 1.29 is 14.2 Å². The quantitative estimate of drug-likeness (QED) is 0.555. The maximum Gasteiger partial charge on any atom is 0.193 e. The smallest absolute Gasteiger partial charge is 0.193 e. The predicted octanol–water partition coefficient (Wildman–Crippen LogP) is 2.14. The summed E-state index contributed by atoms with van der Waals surface area (Å²) in [6, 6.07) is 4.24. The van der Waals surface area contributed by atoms with Gasteiger partial charge in [0.05, 0.1) is 20.3 Å². The Balaban J connectivity index is 1.47. The van der Waals surface area contributed by atoms with Gasteiger partial charge >= 0.3 is 0 Å². The standard InChI is InChI=1S/C22H36N4O3/c1-5-29-19-7-11-26(12-8-19)22(23-2)24-9-13-25-10-6-17-14-20(27-3)21(28-4)15-18(17)16-25/h14-15,19H,5-13,16H2,1-4H3,(H,23,24). The number of hydrogen-bond donors (Lipinski definition) is 1. The van der Waals surface area contributed by atoms with Gasteiger partial charge in [-0.3, -0.25) is 9.89 Å². The van der Waals surface area contributed by atoms with Crippen LogP contribution in [0.15, 0.2) is 17.1 Å². The average molecular weight is 405 g/mol. The lowest BCUT2D eigenvalue weighted by atomic mass is 9.99. The van der Waals surface area contributed by atoms with Crippen LogP contribution in [0.2, 0.25) is 0 Å². The molecule has 0 spiro atoms. The van der Waals surface area contributed by atoms with Crippen LogP contribution in [0.3, 0.4) is 0 Å². The minimum atomic E-state index is 0.401. The molecule has 1 aromatic rings. The van der Waals surface area contributed by atoms with Crippen LogP contribution in [-0.4, -0.2) is 82.5 Å². The van der Waals surface area contributed by atoms with E-state index in [1.165, 1.54) is 11.1 Å². The molecule has 7 heteroatoms. The number of ether oxygens (including phenoxy) is 3. The van der Waals surface area contributed by atoms with Crippen molar-refractivity contribution in [2.75, 3.05) is 60.6 Å². The minimum Gasteiger partial charge on any atom is -0.493 e. The van der Waals surface area contributed by atoms with E-state index in [9.17, 15) is 0 Å². The van der Waals surface area contributed by atoms with Crippen molar-refractivity contribution in [2.45, 2.75) is 38.8 Å². The zero-order chi connectivity index (χ0) is 20.6. The zero-order valence-corrected chi connectivity index (χ0v) is 18.4. The molecule has 2 aliphatic rings. The number of rotatable bonds is 7. The largest absolute Gasteiger partial charge is 0.493 e. The zero-order valence-electron chi connectivity index (χ0n) is 18.4. The van der Waals surface area contributed by atoms with Gasteiger partial charge in [0.25, 0.3) is 0 Å². The Kier molecular flexibility index (Phi) is 8.00. The molecule has 162 valence electrons. The van der Waals surface area contributed by atoms with Crippen LogP contribution < -0.4 is 14.8 Å². The van der Waals surface area contributed by atoms with Gasteiger partial charge in [-0.1, -0.05) is 0 Å². The lowest BCUT2D eigenvalue weighted by molar-refractivity contribution is 0.0263. The van der Waals surface area contributed by atoms with E-state index in [1.807, 2.05) is 7.05 Å².